The molecule has 1 fully saturated rings. The van der Waals surface area contributed by atoms with Gasteiger partial charge in [-0.25, -0.2) is 0 Å². The minimum Gasteiger partial charge on any atom is -0.384 e. The fraction of sp³-hybridized carbons (Fsp3) is 0.632. The second-order valence-electron chi connectivity index (χ2n) is 7.47. The Hall–Kier alpha value is -1.39. The maximum absolute atomic E-state index is 12.6. The molecular formula is C19H29NO3. The number of carbonyl (C=O) groups is 1. The van der Waals surface area contributed by atoms with Crippen LogP contribution >= 0.6 is 0 Å². The third kappa shape index (κ3) is 5.05. The molecule has 128 valence electrons. The molecule has 1 unspecified atom stereocenters. The molecule has 0 saturated carbocycles. The predicted octanol–water partition coefficient (Wildman–Crippen LogP) is 2.85. The highest BCUT2D eigenvalue weighted by molar-refractivity contribution is 5.81. The number of amides is 1. The van der Waals surface area contributed by atoms with E-state index in [1.165, 1.54) is 0 Å². The Bertz CT molecular complexity index is 505. The Balaban J connectivity index is 1.89. The number of nitrogens with one attached hydrogen (secondary N) is 1. The van der Waals surface area contributed by atoms with Gasteiger partial charge in [0, 0.05) is 18.6 Å². The molecule has 23 heavy (non-hydrogen) atoms. The lowest BCUT2D eigenvalue weighted by atomic mass is 9.79. The minimum atomic E-state index is -1.06. The summed E-state index contributed by atoms with van der Waals surface area (Å²) in [5.74, 6) is 0.541. The topological polar surface area (TPSA) is 58.6 Å². The first-order valence-electron chi connectivity index (χ1n) is 8.45. The van der Waals surface area contributed by atoms with Gasteiger partial charge in [-0.1, -0.05) is 44.2 Å². The number of ether oxygens (including phenoxy) is 1. The Morgan fingerprint density at radius 2 is 1.83 bits per heavy atom. The van der Waals surface area contributed by atoms with Gasteiger partial charge >= 0.3 is 0 Å². The summed E-state index contributed by atoms with van der Waals surface area (Å²) in [5, 5.41) is 13.5. The van der Waals surface area contributed by atoms with E-state index in [0.29, 0.717) is 5.92 Å². The summed E-state index contributed by atoms with van der Waals surface area (Å²) in [4.78, 5) is 12.6. The van der Waals surface area contributed by atoms with E-state index >= 15 is 0 Å². The van der Waals surface area contributed by atoms with Crippen molar-refractivity contribution in [3.8, 4) is 0 Å². The molecule has 2 N–H and O–H groups in total. The van der Waals surface area contributed by atoms with E-state index in [1.807, 2.05) is 44.2 Å². The molecule has 1 saturated heterocycles. The van der Waals surface area contributed by atoms with Gasteiger partial charge in [0.05, 0.1) is 6.54 Å². The molecule has 4 nitrogen and oxygen atoms in total. The second-order valence-corrected chi connectivity index (χ2v) is 7.47. The Kier molecular flexibility index (Phi) is 5.82. The van der Waals surface area contributed by atoms with Gasteiger partial charge in [0.2, 0.25) is 5.91 Å². The van der Waals surface area contributed by atoms with E-state index in [0.717, 1.165) is 38.0 Å². The smallest absolute Gasteiger partial charge is 0.225 e. The van der Waals surface area contributed by atoms with Crippen LogP contribution < -0.4 is 5.32 Å². The van der Waals surface area contributed by atoms with E-state index in [2.05, 4.69) is 5.32 Å². The molecule has 0 bridgehead atoms. The fourth-order valence-electron chi connectivity index (χ4n) is 3.16. The van der Waals surface area contributed by atoms with Crippen LogP contribution in [0.2, 0.25) is 0 Å². The van der Waals surface area contributed by atoms with Crippen LogP contribution in [0.3, 0.4) is 0 Å². The van der Waals surface area contributed by atoms with E-state index < -0.39 is 11.0 Å². The van der Waals surface area contributed by atoms with Crippen LogP contribution in [0.25, 0.3) is 0 Å². The Morgan fingerprint density at radius 3 is 2.43 bits per heavy atom. The van der Waals surface area contributed by atoms with Crippen molar-refractivity contribution in [3.05, 3.63) is 35.9 Å². The highest BCUT2D eigenvalue weighted by atomic mass is 16.5. The first kappa shape index (κ1) is 18.0. The molecule has 1 aromatic rings. The Morgan fingerprint density at radius 1 is 1.22 bits per heavy atom. The first-order valence-corrected chi connectivity index (χ1v) is 8.45. The normalized spacial score (nSPS) is 19.1. The van der Waals surface area contributed by atoms with Crippen LogP contribution in [0.15, 0.2) is 30.3 Å². The molecule has 1 aliphatic heterocycles. The van der Waals surface area contributed by atoms with E-state index in [-0.39, 0.29) is 12.5 Å². The highest BCUT2D eigenvalue weighted by Gasteiger charge is 2.33. The standard InChI is InChI=1S/C19H29NO3/c1-18(2,13-15-9-11-23-12-10-15)17(21)20-14-19(3,22)16-7-5-4-6-8-16/h4-8,15,22H,9-14H2,1-3H3,(H,20,21). The van der Waals surface area contributed by atoms with Gasteiger partial charge in [-0.3, -0.25) is 4.79 Å². The largest absolute Gasteiger partial charge is 0.384 e. The van der Waals surface area contributed by atoms with Gasteiger partial charge in [0.15, 0.2) is 0 Å². The summed E-state index contributed by atoms with van der Waals surface area (Å²) in [6, 6.07) is 9.44. The SMILES string of the molecule is CC(C)(CC1CCOCC1)C(=O)NCC(C)(O)c1ccccc1. The zero-order valence-corrected chi connectivity index (χ0v) is 14.5. The van der Waals surface area contributed by atoms with Crippen molar-refractivity contribution in [2.45, 2.75) is 45.6 Å². The van der Waals surface area contributed by atoms with Crippen molar-refractivity contribution in [1.82, 2.24) is 5.32 Å². The van der Waals surface area contributed by atoms with Crippen molar-refractivity contribution in [2.24, 2.45) is 11.3 Å². The summed E-state index contributed by atoms with van der Waals surface area (Å²) in [6.45, 7) is 7.50. The molecule has 1 atom stereocenters. The lowest BCUT2D eigenvalue weighted by Gasteiger charge is -2.32. The summed E-state index contributed by atoms with van der Waals surface area (Å²) in [7, 11) is 0. The van der Waals surface area contributed by atoms with Gasteiger partial charge in [0.25, 0.3) is 0 Å². The van der Waals surface area contributed by atoms with E-state index in [1.54, 1.807) is 6.92 Å². The summed E-state index contributed by atoms with van der Waals surface area (Å²) >= 11 is 0. The maximum atomic E-state index is 12.6. The van der Waals surface area contributed by atoms with Crippen LogP contribution in [0.4, 0.5) is 0 Å². The third-order valence-corrected chi connectivity index (χ3v) is 4.74. The molecule has 1 heterocycles. The van der Waals surface area contributed by atoms with Crippen molar-refractivity contribution >= 4 is 5.91 Å². The van der Waals surface area contributed by atoms with Gasteiger partial charge in [-0.05, 0) is 37.7 Å². The molecular weight excluding hydrogens is 290 g/mol. The van der Waals surface area contributed by atoms with Gasteiger partial charge in [0.1, 0.15) is 5.60 Å². The number of benzene rings is 1. The number of hydrogen-bond acceptors (Lipinski definition) is 3. The van der Waals surface area contributed by atoms with Gasteiger partial charge in [-0.15, -0.1) is 0 Å². The second kappa shape index (κ2) is 7.45. The van der Waals surface area contributed by atoms with Crippen molar-refractivity contribution < 1.29 is 14.6 Å². The lowest BCUT2D eigenvalue weighted by molar-refractivity contribution is -0.132. The summed E-state index contributed by atoms with van der Waals surface area (Å²) in [6.07, 6.45) is 2.91. The average molecular weight is 319 g/mol. The van der Waals surface area contributed by atoms with Crippen LogP contribution in [0, 0.1) is 11.3 Å². The van der Waals surface area contributed by atoms with Gasteiger partial charge < -0.3 is 15.2 Å². The molecule has 0 spiro atoms. The zero-order chi connectivity index (χ0) is 16.9. The molecule has 4 heteroatoms. The summed E-state index contributed by atoms with van der Waals surface area (Å²) in [5.41, 5.74) is -0.692. The fourth-order valence-corrected chi connectivity index (χ4v) is 3.16. The highest BCUT2D eigenvalue weighted by Crippen LogP contribution is 2.31. The van der Waals surface area contributed by atoms with E-state index in [9.17, 15) is 9.90 Å². The number of rotatable bonds is 6. The monoisotopic (exact) mass is 319 g/mol. The van der Waals surface area contributed by atoms with E-state index in [4.69, 9.17) is 4.74 Å². The molecule has 1 aliphatic rings. The molecule has 1 aromatic carbocycles. The van der Waals surface area contributed by atoms with Crippen LogP contribution in [-0.2, 0) is 15.1 Å². The molecule has 0 radical (unpaired) electrons. The lowest BCUT2D eigenvalue weighted by Crippen LogP contribution is -2.45. The average Bonchev–Trinajstić information content (AvgIpc) is 2.54. The van der Waals surface area contributed by atoms with Crippen molar-refractivity contribution in [2.75, 3.05) is 19.8 Å². The zero-order valence-electron chi connectivity index (χ0n) is 14.5. The van der Waals surface area contributed by atoms with Gasteiger partial charge in [-0.2, -0.15) is 0 Å². The predicted molar refractivity (Wildman–Crippen MR) is 91.0 cm³/mol. The number of aliphatic hydroxyl groups is 1. The summed E-state index contributed by atoms with van der Waals surface area (Å²) < 4.78 is 5.38. The maximum Gasteiger partial charge on any atom is 0.225 e. The molecule has 0 aliphatic carbocycles. The first-order chi connectivity index (χ1) is 10.8. The minimum absolute atomic E-state index is 0.000183. The van der Waals surface area contributed by atoms with Crippen LogP contribution in [0.1, 0.15) is 45.6 Å². The molecule has 1 amide bonds. The third-order valence-electron chi connectivity index (χ3n) is 4.74. The van der Waals surface area contributed by atoms with Crippen LogP contribution in [0.5, 0.6) is 0 Å². The van der Waals surface area contributed by atoms with Crippen molar-refractivity contribution in [1.29, 1.82) is 0 Å². The van der Waals surface area contributed by atoms with Crippen LogP contribution in [-0.4, -0.2) is 30.8 Å². The molecule has 2 rings (SSSR count). The number of carbonyl (C=O) groups excluding carboxylic acids is 1. The number of hydrogen-bond donors (Lipinski definition) is 2. The van der Waals surface area contributed by atoms with Crippen molar-refractivity contribution in [3.63, 3.8) is 0 Å². The molecule has 0 aromatic heterocycles. The Labute approximate surface area is 139 Å². The quantitative estimate of drug-likeness (QED) is 0.847.